The summed E-state index contributed by atoms with van der Waals surface area (Å²) in [5.74, 6) is -0.840. The number of hydrogen-bond donors (Lipinski definition) is 1. The summed E-state index contributed by atoms with van der Waals surface area (Å²) in [5.41, 5.74) is -1.10. The lowest BCUT2D eigenvalue weighted by molar-refractivity contribution is -0.148. The highest BCUT2D eigenvalue weighted by atomic mass is 79.9. The first-order valence-electron chi connectivity index (χ1n) is 7.47. The Hall–Kier alpha value is -1.57. The Morgan fingerprint density at radius 3 is 2.33 bits per heavy atom. The number of nitrogens with one attached hydrogen (secondary N) is 1. The van der Waals surface area contributed by atoms with Crippen LogP contribution in [-0.4, -0.2) is 28.8 Å². The number of alkyl halides is 4. The number of carbonyl (C=O) groups is 2. The number of hydrogen-bond acceptors (Lipinski definition) is 3. The number of rotatable bonds is 6. The second kappa shape index (κ2) is 7.13. The highest BCUT2D eigenvalue weighted by Gasteiger charge is 2.53. The van der Waals surface area contributed by atoms with Gasteiger partial charge in [-0.2, -0.15) is 13.2 Å². The molecule has 1 saturated carbocycles. The second-order valence-electron chi connectivity index (χ2n) is 5.66. The molecule has 1 aliphatic rings. The lowest BCUT2D eigenvalue weighted by Gasteiger charge is -2.18. The molecule has 1 unspecified atom stereocenters. The van der Waals surface area contributed by atoms with Crippen LogP contribution in [0, 0.1) is 0 Å². The van der Waals surface area contributed by atoms with E-state index in [4.69, 9.17) is 4.74 Å². The van der Waals surface area contributed by atoms with Crippen molar-refractivity contribution in [1.29, 1.82) is 0 Å². The first-order valence-corrected chi connectivity index (χ1v) is 8.39. The Bertz CT molecular complexity index is 612. The Morgan fingerprint density at radius 2 is 1.88 bits per heavy atom. The molecule has 0 bridgehead atoms. The van der Waals surface area contributed by atoms with E-state index >= 15 is 0 Å². The van der Waals surface area contributed by atoms with Gasteiger partial charge in [-0.1, -0.05) is 28.1 Å². The van der Waals surface area contributed by atoms with Gasteiger partial charge >= 0.3 is 12.1 Å². The predicted molar refractivity (Wildman–Crippen MR) is 84.6 cm³/mol. The molecule has 1 N–H and O–H groups in total. The molecular formula is C16H17BrF3NO3. The summed E-state index contributed by atoms with van der Waals surface area (Å²) in [6.45, 7) is 1.92. The summed E-state index contributed by atoms with van der Waals surface area (Å²) in [5, 5.41) is 2.67. The summed E-state index contributed by atoms with van der Waals surface area (Å²) >= 11 is 3.22. The quantitative estimate of drug-likeness (QED) is 0.581. The SMILES string of the molecule is CCOC(=O)C1(NC(=O)C(Br)Cc2ccc(C(F)(F)F)cc2)CC1. The van der Waals surface area contributed by atoms with Crippen LogP contribution >= 0.6 is 15.9 Å². The van der Waals surface area contributed by atoms with Gasteiger partial charge in [-0.15, -0.1) is 0 Å². The largest absolute Gasteiger partial charge is 0.464 e. The van der Waals surface area contributed by atoms with Crippen molar-refractivity contribution < 1.29 is 27.5 Å². The van der Waals surface area contributed by atoms with Gasteiger partial charge in [0.2, 0.25) is 5.91 Å². The van der Waals surface area contributed by atoms with Gasteiger partial charge in [0.1, 0.15) is 5.54 Å². The number of ether oxygens (including phenoxy) is 1. The monoisotopic (exact) mass is 407 g/mol. The summed E-state index contributed by atoms with van der Waals surface area (Å²) in [6.07, 6.45) is -3.13. The molecule has 0 spiro atoms. The molecule has 1 aromatic rings. The smallest absolute Gasteiger partial charge is 0.416 e. The van der Waals surface area contributed by atoms with Crippen molar-refractivity contribution in [2.75, 3.05) is 6.61 Å². The highest BCUT2D eigenvalue weighted by molar-refractivity contribution is 9.10. The Morgan fingerprint density at radius 1 is 1.29 bits per heavy atom. The van der Waals surface area contributed by atoms with Crippen molar-refractivity contribution in [3.05, 3.63) is 35.4 Å². The van der Waals surface area contributed by atoms with Crippen LogP contribution in [0.4, 0.5) is 13.2 Å². The van der Waals surface area contributed by atoms with Gasteiger partial charge in [0, 0.05) is 0 Å². The zero-order valence-electron chi connectivity index (χ0n) is 13.0. The maximum atomic E-state index is 12.5. The number of amides is 1. The van der Waals surface area contributed by atoms with E-state index in [9.17, 15) is 22.8 Å². The second-order valence-corrected chi connectivity index (χ2v) is 6.76. The van der Waals surface area contributed by atoms with Crippen molar-refractivity contribution in [1.82, 2.24) is 5.32 Å². The number of halogens is 4. The molecule has 4 nitrogen and oxygen atoms in total. The van der Waals surface area contributed by atoms with Crippen LogP contribution < -0.4 is 5.32 Å². The van der Waals surface area contributed by atoms with Crippen LogP contribution in [0.3, 0.4) is 0 Å². The lowest BCUT2D eigenvalue weighted by atomic mass is 10.1. The fraction of sp³-hybridized carbons (Fsp3) is 0.500. The molecule has 1 fully saturated rings. The van der Waals surface area contributed by atoms with Crippen molar-refractivity contribution in [3.63, 3.8) is 0 Å². The summed E-state index contributed by atoms with van der Waals surface area (Å²) < 4.78 is 42.5. The average Bonchev–Trinajstić information content (AvgIpc) is 3.28. The van der Waals surface area contributed by atoms with Crippen molar-refractivity contribution >= 4 is 27.8 Å². The van der Waals surface area contributed by atoms with Crippen molar-refractivity contribution in [2.45, 2.75) is 42.7 Å². The number of esters is 1. The minimum Gasteiger partial charge on any atom is -0.464 e. The Labute approximate surface area is 145 Å². The zero-order valence-corrected chi connectivity index (χ0v) is 14.5. The van der Waals surface area contributed by atoms with Gasteiger partial charge in [0.15, 0.2) is 0 Å². The van der Waals surface area contributed by atoms with Gasteiger partial charge < -0.3 is 10.1 Å². The van der Waals surface area contributed by atoms with E-state index in [-0.39, 0.29) is 18.9 Å². The summed E-state index contributed by atoms with van der Waals surface area (Å²) in [6, 6.07) is 4.63. The lowest BCUT2D eigenvalue weighted by Crippen LogP contribution is -2.47. The van der Waals surface area contributed by atoms with E-state index in [1.807, 2.05) is 0 Å². The molecule has 2 rings (SSSR count). The fourth-order valence-electron chi connectivity index (χ4n) is 2.22. The minimum absolute atomic E-state index is 0.211. The maximum Gasteiger partial charge on any atom is 0.416 e. The van der Waals surface area contributed by atoms with Crippen LogP contribution in [0.15, 0.2) is 24.3 Å². The van der Waals surface area contributed by atoms with E-state index in [1.54, 1.807) is 6.92 Å². The van der Waals surface area contributed by atoms with E-state index in [2.05, 4.69) is 21.2 Å². The van der Waals surface area contributed by atoms with Crippen LogP contribution in [0.5, 0.6) is 0 Å². The van der Waals surface area contributed by atoms with Gasteiger partial charge in [-0.3, -0.25) is 4.79 Å². The van der Waals surface area contributed by atoms with E-state index in [1.165, 1.54) is 12.1 Å². The third-order valence-corrected chi connectivity index (χ3v) is 4.50. The topological polar surface area (TPSA) is 55.4 Å². The van der Waals surface area contributed by atoms with Gasteiger partial charge in [-0.25, -0.2) is 4.79 Å². The molecule has 8 heteroatoms. The predicted octanol–water partition coefficient (Wildman–Crippen LogP) is 3.22. The molecule has 1 atom stereocenters. The molecule has 0 radical (unpaired) electrons. The van der Waals surface area contributed by atoms with Crippen molar-refractivity contribution in [3.8, 4) is 0 Å². The molecule has 0 aromatic heterocycles. The summed E-state index contributed by atoms with van der Waals surface area (Å²) in [7, 11) is 0. The Balaban J connectivity index is 1.93. The number of benzene rings is 1. The molecule has 0 heterocycles. The highest BCUT2D eigenvalue weighted by Crippen LogP contribution is 2.37. The third kappa shape index (κ3) is 4.49. The molecule has 1 aliphatic carbocycles. The molecule has 24 heavy (non-hydrogen) atoms. The minimum atomic E-state index is -4.39. The molecule has 132 valence electrons. The van der Waals surface area contributed by atoms with E-state index in [0.717, 1.165) is 12.1 Å². The molecule has 1 aromatic carbocycles. The van der Waals surface area contributed by atoms with E-state index < -0.39 is 28.1 Å². The average molecular weight is 408 g/mol. The molecule has 0 aliphatic heterocycles. The maximum absolute atomic E-state index is 12.5. The first kappa shape index (κ1) is 18.8. The number of carbonyl (C=O) groups excluding carboxylic acids is 2. The van der Waals surface area contributed by atoms with Crippen LogP contribution in [0.2, 0.25) is 0 Å². The zero-order chi connectivity index (χ0) is 18.0. The van der Waals surface area contributed by atoms with Crippen LogP contribution in [-0.2, 0) is 26.9 Å². The summed E-state index contributed by atoms with van der Waals surface area (Å²) in [4.78, 5) is 23.4. The molecule has 0 saturated heterocycles. The molecular weight excluding hydrogens is 391 g/mol. The standard InChI is InChI=1S/C16H17BrF3NO3/c1-2-24-14(23)15(7-8-15)21-13(22)12(17)9-10-3-5-11(6-4-10)16(18,19)20/h3-6,12H,2,7-9H2,1H3,(H,21,22). The van der Waals surface area contributed by atoms with Crippen LogP contribution in [0.1, 0.15) is 30.9 Å². The van der Waals surface area contributed by atoms with Crippen molar-refractivity contribution in [2.24, 2.45) is 0 Å². The normalized spacial score (nSPS) is 17.0. The fourth-order valence-corrected chi connectivity index (χ4v) is 2.71. The van der Waals surface area contributed by atoms with Gasteiger partial charge in [-0.05, 0) is 43.9 Å². The first-order chi connectivity index (χ1) is 11.2. The molecule has 1 amide bonds. The third-order valence-electron chi connectivity index (χ3n) is 3.76. The van der Waals surface area contributed by atoms with Crippen LogP contribution in [0.25, 0.3) is 0 Å². The van der Waals surface area contributed by atoms with E-state index in [0.29, 0.717) is 18.4 Å². The van der Waals surface area contributed by atoms with Gasteiger partial charge in [0.25, 0.3) is 0 Å². The van der Waals surface area contributed by atoms with Gasteiger partial charge in [0.05, 0.1) is 17.0 Å². The Kier molecular flexibility index (Phi) is 5.57.